The molecule has 0 saturated heterocycles. The molecule has 104 valence electrons. The second-order valence-electron chi connectivity index (χ2n) is 3.41. The Bertz CT molecular complexity index is 491. The summed E-state index contributed by atoms with van der Waals surface area (Å²) in [5.74, 6) is -3.57. The Kier molecular flexibility index (Phi) is 5.11. The maximum absolute atomic E-state index is 13.6. The summed E-state index contributed by atoms with van der Waals surface area (Å²) in [7, 11) is 0. The van der Waals surface area contributed by atoms with E-state index in [1.54, 1.807) is 0 Å². The van der Waals surface area contributed by atoms with Crippen molar-refractivity contribution in [3.8, 4) is 0 Å². The Morgan fingerprint density at radius 2 is 1.79 bits per heavy atom. The molecule has 0 aliphatic carbocycles. The lowest BCUT2D eigenvalue weighted by Gasteiger charge is -2.13. The third-order valence-electron chi connectivity index (χ3n) is 2.09. The highest BCUT2D eigenvalue weighted by molar-refractivity contribution is 9.10. The number of alkyl halides is 3. The van der Waals surface area contributed by atoms with Crippen LogP contribution < -0.4 is 0 Å². The lowest BCUT2D eigenvalue weighted by Crippen LogP contribution is -2.17. The summed E-state index contributed by atoms with van der Waals surface area (Å²) in [6.45, 7) is 1.16. The number of rotatable bonds is 3. The molecule has 0 bridgehead atoms. The molecule has 1 aromatic rings. The molecule has 1 aromatic carbocycles. The second-order valence-corrected chi connectivity index (χ2v) is 4.33. The van der Waals surface area contributed by atoms with Gasteiger partial charge in [-0.1, -0.05) is 28.1 Å². The molecule has 19 heavy (non-hydrogen) atoms. The molecular weight excluding hydrogens is 332 g/mol. The summed E-state index contributed by atoms with van der Waals surface area (Å²) >= 11 is 3.05. The number of carbonyl (C=O) groups is 1. The predicted molar refractivity (Wildman–Crippen MR) is 64.9 cm³/mol. The van der Waals surface area contributed by atoms with E-state index in [-0.39, 0.29) is 6.61 Å². The molecule has 0 N–H and O–H groups in total. The van der Waals surface area contributed by atoms with Gasteiger partial charge in [-0.15, -0.1) is 0 Å². The average Bonchev–Trinajstić information content (AvgIpc) is 2.30. The van der Waals surface area contributed by atoms with E-state index in [1.165, 1.54) is 19.1 Å². The molecule has 0 aliphatic heterocycles. The Morgan fingerprint density at radius 3 is 2.21 bits per heavy atom. The molecule has 0 spiro atoms. The van der Waals surface area contributed by atoms with E-state index in [1.807, 2.05) is 0 Å². The molecule has 0 amide bonds. The van der Waals surface area contributed by atoms with Crippen molar-refractivity contribution in [2.45, 2.75) is 13.1 Å². The van der Waals surface area contributed by atoms with Crippen LogP contribution in [0.2, 0.25) is 0 Å². The summed E-state index contributed by atoms with van der Waals surface area (Å²) in [5, 5.41) is 0. The highest BCUT2D eigenvalue weighted by Gasteiger charge is 2.40. The van der Waals surface area contributed by atoms with Crippen LogP contribution in [-0.4, -0.2) is 18.8 Å². The van der Waals surface area contributed by atoms with Crippen molar-refractivity contribution in [1.82, 2.24) is 0 Å². The number of ether oxygens (including phenoxy) is 1. The van der Waals surface area contributed by atoms with E-state index in [0.717, 1.165) is 12.1 Å². The SMILES string of the molecule is CCOC(=O)/C(F)=C(\c1ccc(Br)cc1)C(F)(F)F. The van der Waals surface area contributed by atoms with E-state index in [9.17, 15) is 22.4 Å². The van der Waals surface area contributed by atoms with Gasteiger partial charge in [-0.25, -0.2) is 4.79 Å². The van der Waals surface area contributed by atoms with Crippen LogP contribution in [0.5, 0.6) is 0 Å². The van der Waals surface area contributed by atoms with Gasteiger partial charge in [0, 0.05) is 4.47 Å². The summed E-state index contributed by atoms with van der Waals surface area (Å²) in [4.78, 5) is 11.1. The van der Waals surface area contributed by atoms with Crippen LogP contribution in [0.3, 0.4) is 0 Å². The van der Waals surface area contributed by atoms with Crippen LogP contribution in [-0.2, 0) is 9.53 Å². The van der Waals surface area contributed by atoms with Crippen LogP contribution in [0.1, 0.15) is 12.5 Å². The van der Waals surface area contributed by atoms with Crippen molar-refractivity contribution in [3.05, 3.63) is 40.1 Å². The molecule has 0 radical (unpaired) electrons. The largest absolute Gasteiger partial charge is 0.461 e. The Labute approximate surface area is 115 Å². The molecule has 0 saturated carbocycles. The minimum Gasteiger partial charge on any atom is -0.461 e. The van der Waals surface area contributed by atoms with Crippen molar-refractivity contribution < 1.29 is 27.1 Å². The molecular formula is C12H9BrF4O2. The maximum atomic E-state index is 13.6. The van der Waals surface area contributed by atoms with Gasteiger partial charge in [0.1, 0.15) is 5.57 Å². The van der Waals surface area contributed by atoms with Gasteiger partial charge in [0.05, 0.1) is 6.61 Å². The van der Waals surface area contributed by atoms with Gasteiger partial charge in [-0.05, 0) is 24.6 Å². The number of hydrogen-bond donors (Lipinski definition) is 0. The van der Waals surface area contributed by atoms with Crippen molar-refractivity contribution in [1.29, 1.82) is 0 Å². The Balaban J connectivity index is 3.34. The first-order valence-corrected chi connectivity index (χ1v) is 5.96. The van der Waals surface area contributed by atoms with Gasteiger partial charge in [-0.3, -0.25) is 0 Å². The Hall–Kier alpha value is -1.37. The van der Waals surface area contributed by atoms with Crippen LogP contribution in [0, 0.1) is 0 Å². The topological polar surface area (TPSA) is 26.3 Å². The highest BCUT2D eigenvalue weighted by atomic mass is 79.9. The van der Waals surface area contributed by atoms with Gasteiger partial charge in [0.2, 0.25) is 5.83 Å². The predicted octanol–water partition coefficient (Wildman–Crippen LogP) is 4.26. The van der Waals surface area contributed by atoms with Crippen LogP contribution >= 0.6 is 15.9 Å². The molecule has 0 aromatic heterocycles. The van der Waals surface area contributed by atoms with Crippen LogP contribution in [0.25, 0.3) is 5.57 Å². The minimum absolute atomic E-state index is 0.211. The zero-order valence-corrected chi connectivity index (χ0v) is 11.3. The molecule has 7 heteroatoms. The molecule has 0 heterocycles. The molecule has 1 rings (SSSR count). The van der Waals surface area contributed by atoms with Gasteiger partial charge < -0.3 is 4.74 Å². The summed E-state index contributed by atoms with van der Waals surface area (Å²) in [6.07, 6.45) is -5.00. The van der Waals surface area contributed by atoms with Gasteiger partial charge in [0.25, 0.3) is 0 Å². The van der Waals surface area contributed by atoms with E-state index >= 15 is 0 Å². The average molecular weight is 341 g/mol. The molecule has 0 unspecified atom stereocenters. The van der Waals surface area contributed by atoms with Crippen molar-refractivity contribution in [2.75, 3.05) is 6.61 Å². The molecule has 2 nitrogen and oxygen atoms in total. The number of carbonyl (C=O) groups excluding carboxylic acids is 1. The van der Waals surface area contributed by atoms with E-state index in [0.29, 0.717) is 4.47 Å². The summed E-state index contributed by atoms with van der Waals surface area (Å²) in [6, 6.07) is 4.76. The minimum atomic E-state index is -5.00. The number of allylic oxidation sites excluding steroid dienone is 1. The normalized spacial score (nSPS) is 12.9. The third kappa shape index (κ3) is 4.05. The van der Waals surface area contributed by atoms with Crippen molar-refractivity contribution in [2.24, 2.45) is 0 Å². The number of benzene rings is 1. The molecule has 0 aliphatic rings. The molecule has 0 atom stereocenters. The highest BCUT2D eigenvalue weighted by Crippen LogP contribution is 2.37. The van der Waals surface area contributed by atoms with E-state index in [2.05, 4.69) is 20.7 Å². The smallest absolute Gasteiger partial charge is 0.420 e. The van der Waals surface area contributed by atoms with Crippen molar-refractivity contribution in [3.63, 3.8) is 0 Å². The maximum Gasteiger partial charge on any atom is 0.420 e. The van der Waals surface area contributed by atoms with E-state index in [4.69, 9.17) is 0 Å². The van der Waals surface area contributed by atoms with E-state index < -0.39 is 29.1 Å². The second kappa shape index (κ2) is 6.18. The summed E-state index contributed by atoms with van der Waals surface area (Å²) in [5.41, 5.74) is -2.08. The fraction of sp³-hybridized carbons (Fsp3) is 0.250. The van der Waals surface area contributed by atoms with Crippen LogP contribution in [0.15, 0.2) is 34.6 Å². The first-order chi connectivity index (χ1) is 8.77. The van der Waals surface area contributed by atoms with Crippen molar-refractivity contribution >= 4 is 27.5 Å². The lowest BCUT2D eigenvalue weighted by molar-refractivity contribution is -0.140. The molecule has 0 fully saturated rings. The third-order valence-corrected chi connectivity index (χ3v) is 2.62. The zero-order chi connectivity index (χ0) is 14.6. The quantitative estimate of drug-likeness (QED) is 0.467. The standard InChI is InChI=1S/C12H9BrF4O2/c1-2-19-11(18)10(14)9(12(15,16)17)7-3-5-8(13)6-4-7/h3-6H,2H2,1H3/b10-9-. The van der Waals surface area contributed by atoms with Crippen LogP contribution in [0.4, 0.5) is 17.6 Å². The first kappa shape index (κ1) is 15.7. The van der Waals surface area contributed by atoms with Gasteiger partial charge in [-0.2, -0.15) is 17.6 Å². The lowest BCUT2D eigenvalue weighted by atomic mass is 10.0. The number of halogens is 5. The zero-order valence-electron chi connectivity index (χ0n) is 9.72. The first-order valence-electron chi connectivity index (χ1n) is 5.17. The monoisotopic (exact) mass is 340 g/mol. The fourth-order valence-electron chi connectivity index (χ4n) is 1.33. The Morgan fingerprint density at radius 1 is 1.26 bits per heavy atom. The number of esters is 1. The summed E-state index contributed by atoms with van der Waals surface area (Å²) < 4.78 is 56.9. The fourth-order valence-corrected chi connectivity index (χ4v) is 1.59. The van der Waals surface area contributed by atoms with Gasteiger partial charge in [0.15, 0.2) is 0 Å². The number of hydrogen-bond acceptors (Lipinski definition) is 2. The van der Waals surface area contributed by atoms with Gasteiger partial charge >= 0.3 is 12.1 Å².